The lowest BCUT2D eigenvalue weighted by atomic mass is 9.99. The summed E-state index contributed by atoms with van der Waals surface area (Å²) in [5.41, 5.74) is 1.70. The summed E-state index contributed by atoms with van der Waals surface area (Å²) in [5.74, 6) is -1.51. The Balaban J connectivity index is 1.34. The van der Waals surface area contributed by atoms with Crippen LogP contribution >= 0.6 is 23.2 Å². The van der Waals surface area contributed by atoms with Crippen LogP contribution in [0.25, 0.3) is 0 Å². The summed E-state index contributed by atoms with van der Waals surface area (Å²) in [6.45, 7) is 1.06. The smallest absolute Gasteiger partial charge is 0.387 e. The Morgan fingerprint density at radius 1 is 1.00 bits per heavy atom. The topological polar surface area (TPSA) is 130 Å². The minimum Gasteiger partial charge on any atom is -0.495 e. The van der Waals surface area contributed by atoms with Crippen molar-refractivity contribution in [1.29, 1.82) is 0 Å². The van der Waals surface area contributed by atoms with Gasteiger partial charge in [0.05, 0.1) is 44.4 Å². The van der Waals surface area contributed by atoms with Gasteiger partial charge in [-0.2, -0.15) is 8.78 Å². The molecule has 5 rings (SSSR count). The maximum atomic E-state index is 13.3. The van der Waals surface area contributed by atoms with Crippen molar-refractivity contribution in [3.05, 3.63) is 80.8 Å². The van der Waals surface area contributed by atoms with E-state index in [9.17, 15) is 26.8 Å². The molecule has 1 aliphatic carbocycles. The molecule has 17 heteroatoms. The first-order chi connectivity index (χ1) is 25.7. The Labute approximate surface area is 323 Å². The second kappa shape index (κ2) is 18.6. The average molecular weight is 816 g/mol. The predicted octanol–water partition coefficient (Wildman–Crippen LogP) is 6.48. The SMILES string of the molecule is COc1ccc(C(=O)OCC(=O)O[C@@H](Cc2c(Cl)cc(C)cc2Cl)c2ccc(OC(F)F)c(OCC3CC3)c2)cc1N(CCN1CCOCC1)S(C)(=O)=O. The molecule has 0 bridgehead atoms. The minimum absolute atomic E-state index is 0.0254. The summed E-state index contributed by atoms with van der Waals surface area (Å²) in [7, 11) is -2.44. The Kier molecular flexibility index (Phi) is 14.2. The van der Waals surface area contributed by atoms with Gasteiger partial charge in [0.25, 0.3) is 0 Å². The second-order valence-electron chi connectivity index (χ2n) is 13.0. The van der Waals surface area contributed by atoms with Gasteiger partial charge in [-0.25, -0.2) is 18.0 Å². The first kappa shape index (κ1) is 41.3. The molecule has 0 radical (unpaired) electrons. The number of esters is 2. The highest BCUT2D eigenvalue weighted by molar-refractivity contribution is 7.92. The highest BCUT2D eigenvalue weighted by atomic mass is 35.5. The summed E-state index contributed by atoms with van der Waals surface area (Å²) in [5, 5.41) is 0.637. The lowest BCUT2D eigenvalue weighted by Crippen LogP contribution is -2.43. The Morgan fingerprint density at radius 2 is 1.69 bits per heavy atom. The number of methoxy groups -OCH3 is 1. The van der Waals surface area contributed by atoms with Crippen LogP contribution in [-0.2, 0) is 35.4 Å². The van der Waals surface area contributed by atoms with Gasteiger partial charge in [-0.1, -0.05) is 29.3 Å². The van der Waals surface area contributed by atoms with E-state index in [-0.39, 0.29) is 41.5 Å². The van der Waals surface area contributed by atoms with Gasteiger partial charge in [-0.15, -0.1) is 0 Å². The molecule has 3 aromatic rings. The molecule has 1 atom stereocenters. The van der Waals surface area contributed by atoms with Gasteiger partial charge < -0.3 is 28.4 Å². The van der Waals surface area contributed by atoms with Gasteiger partial charge in [0.2, 0.25) is 10.0 Å². The van der Waals surface area contributed by atoms with Crippen LogP contribution in [0, 0.1) is 12.8 Å². The zero-order valence-electron chi connectivity index (χ0n) is 30.0. The fourth-order valence-electron chi connectivity index (χ4n) is 5.80. The molecule has 1 aliphatic heterocycles. The Hall–Kier alpha value is -3.89. The number of hydrogen-bond acceptors (Lipinski definition) is 11. The molecule has 0 aromatic heterocycles. The average Bonchev–Trinajstić information content (AvgIpc) is 3.95. The molecule has 1 heterocycles. The van der Waals surface area contributed by atoms with Gasteiger partial charge in [-0.05, 0) is 84.8 Å². The van der Waals surface area contributed by atoms with E-state index in [1.807, 2.05) is 6.92 Å². The van der Waals surface area contributed by atoms with Crippen molar-refractivity contribution < 1.29 is 55.2 Å². The molecule has 1 saturated heterocycles. The number of ether oxygens (including phenoxy) is 6. The molecule has 2 aliphatic rings. The molecule has 54 heavy (non-hydrogen) atoms. The van der Waals surface area contributed by atoms with Crippen LogP contribution in [0.15, 0.2) is 48.5 Å². The van der Waals surface area contributed by atoms with Crippen LogP contribution in [0.1, 0.15) is 46.0 Å². The molecular formula is C37H42Cl2F2N2O10S. The van der Waals surface area contributed by atoms with Crippen molar-refractivity contribution in [3.63, 3.8) is 0 Å². The Morgan fingerprint density at radius 3 is 2.31 bits per heavy atom. The third kappa shape index (κ3) is 11.6. The number of rotatable bonds is 18. The lowest BCUT2D eigenvalue weighted by molar-refractivity contribution is -0.153. The highest BCUT2D eigenvalue weighted by Gasteiger charge is 2.28. The molecule has 3 aromatic carbocycles. The van der Waals surface area contributed by atoms with Gasteiger partial charge in [0, 0.05) is 42.6 Å². The summed E-state index contributed by atoms with van der Waals surface area (Å²) >= 11 is 13.1. The van der Waals surface area contributed by atoms with E-state index in [1.54, 1.807) is 12.1 Å². The monoisotopic (exact) mass is 814 g/mol. The first-order valence-electron chi connectivity index (χ1n) is 17.2. The normalized spacial score (nSPS) is 15.4. The summed E-state index contributed by atoms with van der Waals surface area (Å²) in [6, 6.07) is 11.7. The van der Waals surface area contributed by atoms with Crippen LogP contribution < -0.4 is 18.5 Å². The molecule has 0 spiro atoms. The van der Waals surface area contributed by atoms with Gasteiger partial charge >= 0.3 is 18.6 Å². The number of anilines is 1. The number of sulfonamides is 1. The highest BCUT2D eigenvalue weighted by Crippen LogP contribution is 2.38. The number of carbonyl (C=O) groups is 2. The van der Waals surface area contributed by atoms with Crippen molar-refractivity contribution in [3.8, 4) is 17.2 Å². The molecule has 0 amide bonds. The molecule has 0 N–H and O–H groups in total. The van der Waals surface area contributed by atoms with E-state index >= 15 is 0 Å². The summed E-state index contributed by atoms with van der Waals surface area (Å²) < 4.78 is 85.9. The molecular weight excluding hydrogens is 773 g/mol. The van der Waals surface area contributed by atoms with Crippen LogP contribution in [-0.4, -0.2) is 97.8 Å². The number of carbonyl (C=O) groups excluding carboxylic acids is 2. The standard InChI is InChI=1S/C37H42Cl2F2N2O10S/c1-23-16-28(38)27(29(39)17-23)20-33(25-6-9-32(53-37(40)41)34(19-25)50-21-24-4-5-24)52-35(44)22-51-36(45)26-7-8-31(48-2)30(18-26)43(54(3,46)47)11-10-42-12-14-49-15-13-42/h6-9,16-19,24,33,37H,4-5,10-15,20-22H2,1-3H3/t33-/m0/s1. The van der Waals surface area contributed by atoms with Crippen LogP contribution in [0.2, 0.25) is 10.0 Å². The zero-order chi connectivity index (χ0) is 39.0. The maximum absolute atomic E-state index is 13.3. The van der Waals surface area contributed by atoms with E-state index < -0.39 is 41.3 Å². The van der Waals surface area contributed by atoms with E-state index in [4.69, 9.17) is 46.9 Å². The fourth-order valence-corrected chi connectivity index (χ4v) is 7.46. The first-order valence-corrected chi connectivity index (χ1v) is 19.8. The molecule has 12 nitrogen and oxygen atoms in total. The fraction of sp³-hybridized carbons (Fsp3) is 0.459. The van der Waals surface area contributed by atoms with Gasteiger partial charge in [0.15, 0.2) is 18.1 Å². The number of hydrogen-bond donors (Lipinski definition) is 0. The van der Waals surface area contributed by atoms with Crippen molar-refractivity contribution in [2.24, 2.45) is 5.92 Å². The third-order valence-electron chi connectivity index (χ3n) is 8.80. The summed E-state index contributed by atoms with van der Waals surface area (Å²) in [4.78, 5) is 28.6. The maximum Gasteiger partial charge on any atom is 0.387 e. The number of nitrogens with zero attached hydrogens (tertiary/aromatic N) is 2. The van der Waals surface area contributed by atoms with Crippen LogP contribution in [0.3, 0.4) is 0 Å². The van der Waals surface area contributed by atoms with Crippen LogP contribution in [0.4, 0.5) is 14.5 Å². The summed E-state index contributed by atoms with van der Waals surface area (Å²) in [6.07, 6.45) is 1.86. The van der Waals surface area contributed by atoms with E-state index in [0.717, 1.165) is 29.0 Å². The number of morpholine rings is 1. The van der Waals surface area contributed by atoms with Crippen molar-refractivity contribution >= 4 is 50.9 Å². The largest absolute Gasteiger partial charge is 0.495 e. The van der Waals surface area contributed by atoms with E-state index in [1.165, 1.54) is 43.5 Å². The Bertz CT molecular complexity index is 1890. The van der Waals surface area contributed by atoms with Crippen LogP contribution in [0.5, 0.6) is 17.2 Å². The quantitative estimate of drug-likeness (QED) is 0.131. The molecule has 294 valence electrons. The molecule has 1 saturated carbocycles. The lowest BCUT2D eigenvalue weighted by Gasteiger charge is -2.30. The number of alkyl halides is 2. The van der Waals surface area contributed by atoms with Crippen molar-refractivity contribution in [2.45, 2.75) is 38.9 Å². The minimum atomic E-state index is -3.81. The second-order valence-corrected chi connectivity index (χ2v) is 15.7. The number of halogens is 4. The zero-order valence-corrected chi connectivity index (χ0v) is 32.4. The number of aryl methyl sites for hydroxylation is 1. The van der Waals surface area contributed by atoms with Gasteiger partial charge in [-0.3, -0.25) is 9.21 Å². The van der Waals surface area contributed by atoms with Gasteiger partial charge in [0.1, 0.15) is 11.9 Å². The molecule has 0 unspecified atom stereocenters. The van der Waals surface area contributed by atoms with E-state index in [0.29, 0.717) is 66.5 Å². The van der Waals surface area contributed by atoms with Crippen molar-refractivity contribution in [2.75, 3.05) is 70.3 Å². The number of benzene rings is 3. The third-order valence-corrected chi connectivity index (χ3v) is 10.7. The van der Waals surface area contributed by atoms with Crippen molar-refractivity contribution in [1.82, 2.24) is 4.90 Å². The predicted molar refractivity (Wildman–Crippen MR) is 198 cm³/mol. The van der Waals surface area contributed by atoms with E-state index in [2.05, 4.69) is 9.64 Å². The molecule has 2 fully saturated rings.